The van der Waals surface area contributed by atoms with Gasteiger partial charge in [0.2, 0.25) is 0 Å². The average Bonchev–Trinajstić information content (AvgIpc) is 2.46. The third-order valence-corrected chi connectivity index (χ3v) is 2.89. The van der Waals surface area contributed by atoms with Crippen LogP contribution in [-0.4, -0.2) is 17.0 Å². The van der Waals surface area contributed by atoms with Crippen molar-refractivity contribution >= 4 is 5.91 Å². The van der Waals surface area contributed by atoms with Crippen molar-refractivity contribution in [3.63, 3.8) is 0 Å². The van der Waals surface area contributed by atoms with Gasteiger partial charge in [-0.2, -0.15) is 0 Å². The zero-order valence-electron chi connectivity index (χ0n) is 11.7. The van der Waals surface area contributed by atoms with Crippen LogP contribution in [0.25, 0.3) is 0 Å². The number of carbonyl (C=O) groups excluding carboxylic acids is 1. The van der Waals surface area contributed by atoms with Gasteiger partial charge in [0.1, 0.15) is 5.75 Å². The monoisotopic (exact) mass is 270 g/mol. The molecule has 2 aromatic rings. The van der Waals surface area contributed by atoms with E-state index in [0.717, 1.165) is 11.1 Å². The van der Waals surface area contributed by atoms with Crippen molar-refractivity contribution in [2.75, 3.05) is 0 Å². The summed E-state index contributed by atoms with van der Waals surface area (Å²) in [7, 11) is 0. The molecule has 4 nitrogen and oxygen atoms in total. The van der Waals surface area contributed by atoms with E-state index in [2.05, 4.69) is 10.3 Å². The summed E-state index contributed by atoms with van der Waals surface area (Å²) in [4.78, 5) is 15.9. The van der Waals surface area contributed by atoms with Gasteiger partial charge in [-0.1, -0.05) is 12.1 Å². The molecule has 0 aliphatic carbocycles. The second-order valence-electron chi connectivity index (χ2n) is 4.65. The fraction of sp³-hybridized carbons (Fsp3) is 0.250. The molecule has 2 rings (SSSR count). The van der Waals surface area contributed by atoms with Crippen molar-refractivity contribution in [1.29, 1.82) is 0 Å². The number of rotatable bonds is 5. The van der Waals surface area contributed by atoms with Crippen molar-refractivity contribution < 1.29 is 9.53 Å². The number of aromatic nitrogens is 1. The van der Waals surface area contributed by atoms with Crippen LogP contribution in [0.4, 0.5) is 0 Å². The molecule has 1 N–H and O–H groups in total. The minimum Gasteiger partial charge on any atom is -0.481 e. The molecular weight excluding hydrogens is 252 g/mol. The van der Waals surface area contributed by atoms with Crippen molar-refractivity contribution in [2.24, 2.45) is 0 Å². The van der Waals surface area contributed by atoms with Crippen LogP contribution in [0, 0.1) is 6.92 Å². The fourth-order valence-corrected chi connectivity index (χ4v) is 1.78. The number of nitrogens with zero attached hydrogens (tertiary/aromatic N) is 1. The van der Waals surface area contributed by atoms with Crippen molar-refractivity contribution in [1.82, 2.24) is 10.3 Å². The lowest BCUT2D eigenvalue weighted by Crippen LogP contribution is -2.35. The standard InChI is InChI=1S/C16H18N2O2/c1-12-4-3-5-15(10-12)20-13(2)16(19)18-11-14-6-8-17-9-7-14/h3-10,13H,11H2,1-2H3,(H,18,19). The summed E-state index contributed by atoms with van der Waals surface area (Å²) < 4.78 is 5.62. The van der Waals surface area contributed by atoms with E-state index >= 15 is 0 Å². The van der Waals surface area contributed by atoms with Gasteiger partial charge in [-0.15, -0.1) is 0 Å². The first-order valence-corrected chi connectivity index (χ1v) is 6.55. The number of amides is 1. The SMILES string of the molecule is Cc1cccc(OC(C)C(=O)NCc2ccncc2)c1. The third-order valence-electron chi connectivity index (χ3n) is 2.89. The minimum absolute atomic E-state index is 0.136. The van der Waals surface area contributed by atoms with Crippen molar-refractivity contribution in [3.05, 3.63) is 59.9 Å². The molecule has 0 bridgehead atoms. The maximum absolute atomic E-state index is 12.0. The molecule has 4 heteroatoms. The fourth-order valence-electron chi connectivity index (χ4n) is 1.78. The molecule has 1 heterocycles. The highest BCUT2D eigenvalue weighted by Crippen LogP contribution is 2.14. The van der Waals surface area contributed by atoms with Gasteiger partial charge in [-0.05, 0) is 49.2 Å². The topological polar surface area (TPSA) is 51.2 Å². The lowest BCUT2D eigenvalue weighted by Gasteiger charge is -2.15. The molecule has 0 saturated carbocycles. The lowest BCUT2D eigenvalue weighted by atomic mass is 10.2. The summed E-state index contributed by atoms with van der Waals surface area (Å²) in [6.07, 6.45) is 2.88. The summed E-state index contributed by atoms with van der Waals surface area (Å²) in [6.45, 7) is 4.20. The molecule has 1 aromatic heterocycles. The number of pyridine rings is 1. The van der Waals surface area contributed by atoms with E-state index in [-0.39, 0.29) is 5.91 Å². The summed E-state index contributed by atoms with van der Waals surface area (Å²) >= 11 is 0. The smallest absolute Gasteiger partial charge is 0.261 e. The van der Waals surface area contributed by atoms with E-state index < -0.39 is 6.10 Å². The Labute approximate surface area is 118 Å². The molecule has 1 aromatic carbocycles. The molecule has 104 valence electrons. The van der Waals surface area contributed by atoms with Gasteiger partial charge in [0.25, 0.3) is 5.91 Å². The van der Waals surface area contributed by atoms with E-state index in [1.165, 1.54) is 0 Å². The molecule has 1 amide bonds. The van der Waals surface area contributed by atoms with Crippen LogP contribution in [0.1, 0.15) is 18.1 Å². The van der Waals surface area contributed by atoms with Crippen LogP contribution in [0.15, 0.2) is 48.8 Å². The number of carbonyl (C=O) groups is 1. The van der Waals surface area contributed by atoms with E-state index in [0.29, 0.717) is 12.3 Å². The first-order valence-electron chi connectivity index (χ1n) is 6.55. The normalized spacial score (nSPS) is 11.7. The molecule has 0 aliphatic heterocycles. The minimum atomic E-state index is -0.529. The third kappa shape index (κ3) is 4.09. The van der Waals surface area contributed by atoms with Crippen LogP contribution in [0.5, 0.6) is 5.75 Å². The predicted molar refractivity (Wildman–Crippen MR) is 77.4 cm³/mol. The number of benzene rings is 1. The zero-order valence-corrected chi connectivity index (χ0v) is 11.7. The van der Waals surface area contributed by atoms with Crippen molar-refractivity contribution in [3.8, 4) is 5.75 Å². The summed E-state index contributed by atoms with van der Waals surface area (Å²) in [5, 5.41) is 2.84. The summed E-state index contributed by atoms with van der Waals surface area (Å²) in [6, 6.07) is 11.4. The predicted octanol–water partition coefficient (Wildman–Crippen LogP) is 2.47. The van der Waals surface area contributed by atoms with Crippen LogP contribution < -0.4 is 10.1 Å². The Balaban J connectivity index is 1.86. The molecule has 1 unspecified atom stereocenters. The van der Waals surface area contributed by atoms with E-state index in [4.69, 9.17) is 4.74 Å². The molecule has 0 fully saturated rings. The Morgan fingerprint density at radius 1 is 1.30 bits per heavy atom. The Morgan fingerprint density at radius 3 is 2.75 bits per heavy atom. The molecule has 20 heavy (non-hydrogen) atoms. The van der Waals surface area contributed by atoms with E-state index in [1.54, 1.807) is 19.3 Å². The van der Waals surface area contributed by atoms with Crippen LogP contribution in [-0.2, 0) is 11.3 Å². The van der Waals surface area contributed by atoms with Crippen LogP contribution in [0.2, 0.25) is 0 Å². The van der Waals surface area contributed by atoms with Crippen LogP contribution >= 0.6 is 0 Å². The van der Waals surface area contributed by atoms with Crippen LogP contribution in [0.3, 0.4) is 0 Å². The van der Waals surface area contributed by atoms with Gasteiger partial charge in [-0.3, -0.25) is 9.78 Å². The van der Waals surface area contributed by atoms with Gasteiger partial charge in [0.15, 0.2) is 6.10 Å². The Morgan fingerprint density at radius 2 is 2.05 bits per heavy atom. The highest BCUT2D eigenvalue weighted by atomic mass is 16.5. The number of hydrogen-bond donors (Lipinski definition) is 1. The first-order chi connectivity index (χ1) is 9.65. The Bertz CT molecular complexity index is 570. The van der Waals surface area contributed by atoms with E-state index in [9.17, 15) is 4.79 Å². The zero-order chi connectivity index (χ0) is 14.4. The second-order valence-corrected chi connectivity index (χ2v) is 4.65. The average molecular weight is 270 g/mol. The number of hydrogen-bond acceptors (Lipinski definition) is 3. The molecular formula is C16H18N2O2. The van der Waals surface area contributed by atoms with E-state index in [1.807, 2.05) is 43.3 Å². The first kappa shape index (κ1) is 14.1. The quantitative estimate of drug-likeness (QED) is 0.908. The van der Waals surface area contributed by atoms with Gasteiger partial charge >= 0.3 is 0 Å². The molecule has 0 radical (unpaired) electrons. The highest BCUT2D eigenvalue weighted by molar-refractivity contribution is 5.80. The lowest BCUT2D eigenvalue weighted by molar-refractivity contribution is -0.127. The number of nitrogens with one attached hydrogen (secondary N) is 1. The highest BCUT2D eigenvalue weighted by Gasteiger charge is 2.14. The van der Waals surface area contributed by atoms with Gasteiger partial charge in [0, 0.05) is 18.9 Å². The molecule has 0 spiro atoms. The van der Waals surface area contributed by atoms with Gasteiger partial charge in [0.05, 0.1) is 0 Å². The Kier molecular flexibility index (Phi) is 4.71. The number of ether oxygens (including phenoxy) is 1. The number of aryl methyl sites for hydroxylation is 1. The van der Waals surface area contributed by atoms with Gasteiger partial charge < -0.3 is 10.1 Å². The van der Waals surface area contributed by atoms with Crippen molar-refractivity contribution in [2.45, 2.75) is 26.5 Å². The summed E-state index contributed by atoms with van der Waals surface area (Å²) in [5.41, 5.74) is 2.11. The second kappa shape index (κ2) is 6.70. The molecule has 1 atom stereocenters. The Hall–Kier alpha value is -2.36. The molecule has 0 aliphatic rings. The maximum Gasteiger partial charge on any atom is 0.261 e. The summed E-state index contributed by atoms with van der Waals surface area (Å²) in [5.74, 6) is 0.569. The molecule has 0 saturated heterocycles. The largest absolute Gasteiger partial charge is 0.481 e. The maximum atomic E-state index is 12.0. The van der Waals surface area contributed by atoms with Gasteiger partial charge in [-0.25, -0.2) is 0 Å².